The lowest BCUT2D eigenvalue weighted by Gasteiger charge is -2.23. The van der Waals surface area contributed by atoms with Crippen molar-refractivity contribution in [2.75, 3.05) is 18.0 Å². The van der Waals surface area contributed by atoms with Gasteiger partial charge in [-0.3, -0.25) is 10.1 Å². The Morgan fingerprint density at radius 1 is 1.25 bits per heavy atom. The third kappa shape index (κ3) is 3.34. The zero-order chi connectivity index (χ0) is 17.9. The second kappa shape index (κ2) is 7.08. The molecule has 0 aliphatic rings. The summed E-state index contributed by atoms with van der Waals surface area (Å²) in [6.45, 7) is 6.93. The number of non-ortho nitro benzene ring substituents is 1. The Kier molecular flexibility index (Phi) is 5.13. The first-order valence-corrected chi connectivity index (χ1v) is 7.63. The molecule has 1 N–H and O–H groups in total. The van der Waals surface area contributed by atoms with Gasteiger partial charge >= 0.3 is 5.97 Å². The predicted molar refractivity (Wildman–Crippen MR) is 91.6 cm³/mol. The number of aromatic carboxylic acids is 1. The molecule has 0 aliphatic carbocycles. The monoisotopic (exact) mass is 329 g/mol. The molecule has 7 heteroatoms. The van der Waals surface area contributed by atoms with Crippen LogP contribution in [0.15, 0.2) is 30.3 Å². The lowest BCUT2D eigenvalue weighted by molar-refractivity contribution is -0.384. The Morgan fingerprint density at radius 2 is 1.83 bits per heavy atom. The standard InChI is InChI=1S/C17H19N3O4/c1-4-19(5-2)16-15(17(21)22)14(10-11(3)18-16)12-6-8-13(9-7-12)20(23)24/h6-10H,4-5H2,1-3H3,(H,21,22). The quantitative estimate of drug-likeness (QED) is 0.643. The van der Waals surface area contributed by atoms with Crippen LogP contribution in [0, 0.1) is 17.0 Å². The number of aromatic nitrogens is 1. The van der Waals surface area contributed by atoms with E-state index in [0.717, 1.165) is 0 Å². The number of rotatable bonds is 6. The molecule has 0 spiro atoms. The lowest BCUT2D eigenvalue weighted by atomic mass is 9.99. The molecule has 0 saturated carbocycles. The number of aryl methyl sites for hydroxylation is 1. The zero-order valence-electron chi connectivity index (χ0n) is 13.8. The highest BCUT2D eigenvalue weighted by Crippen LogP contribution is 2.32. The Labute approximate surface area is 139 Å². The van der Waals surface area contributed by atoms with Gasteiger partial charge in [0.25, 0.3) is 5.69 Å². The van der Waals surface area contributed by atoms with Crippen molar-refractivity contribution in [3.05, 3.63) is 51.7 Å². The highest BCUT2D eigenvalue weighted by atomic mass is 16.6. The minimum atomic E-state index is -1.07. The number of nitro benzene ring substituents is 1. The average molecular weight is 329 g/mol. The maximum atomic E-state index is 11.9. The van der Waals surface area contributed by atoms with E-state index in [1.165, 1.54) is 12.1 Å². The first-order chi connectivity index (χ1) is 11.4. The molecule has 0 unspecified atom stereocenters. The fourth-order valence-corrected chi connectivity index (χ4v) is 2.61. The summed E-state index contributed by atoms with van der Waals surface area (Å²) < 4.78 is 0. The number of nitro groups is 1. The van der Waals surface area contributed by atoms with E-state index in [-0.39, 0.29) is 11.3 Å². The molecule has 0 bridgehead atoms. The van der Waals surface area contributed by atoms with Gasteiger partial charge in [0.2, 0.25) is 0 Å². The summed E-state index contributed by atoms with van der Waals surface area (Å²) in [5.41, 5.74) is 1.88. The second-order valence-corrected chi connectivity index (χ2v) is 5.29. The Morgan fingerprint density at radius 3 is 2.29 bits per heavy atom. The summed E-state index contributed by atoms with van der Waals surface area (Å²) in [7, 11) is 0. The average Bonchev–Trinajstić information content (AvgIpc) is 2.55. The summed E-state index contributed by atoms with van der Waals surface area (Å²) in [6, 6.07) is 7.55. The molecule has 0 atom stereocenters. The normalized spacial score (nSPS) is 10.5. The first kappa shape index (κ1) is 17.4. The van der Waals surface area contributed by atoms with Crippen molar-refractivity contribution < 1.29 is 14.8 Å². The molecule has 0 saturated heterocycles. The van der Waals surface area contributed by atoms with Crippen molar-refractivity contribution in [3.8, 4) is 11.1 Å². The van der Waals surface area contributed by atoms with Gasteiger partial charge in [-0.05, 0) is 44.5 Å². The SMILES string of the molecule is CCN(CC)c1nc(C)cc(-c2ccc([N+](=O)[O-])cc2)c1C(=O)O. The van der Waals surface area contributed by atoms with Gasteiger partial charge in [0.05, 0.1) is 4.92 Å². The Balaban J connectivity index is 2.68. The van der Waals surface area contributed by atoms with E-state index in [1.54, 1.807) is 25.1 Å². The minimum absolute atomic E-state index is 0.0367. The summed E-state index contributed by atoms with van der Waals surface area (Å²) in [6.07, 6.45) is 0. The third-order valence-corrected chi connectivity index (χ3v) is 3.79. The molecule has 0 radical (unpaired) electrons. The number of carboxylic acids is 1. The summed E-state index contributed by atoms with van der Waals surface area (Å²) in [4.78, 5) is 28.5. The molecule has 2 rings (SSSR count). The molecule has 24 heavy (non-hydrogen) atoms. The van der Waals surface area contributed by atoms with Crippen LogP contribution in [0.5, 0.6) is 0 Å². The van der Waals surface area contributed by atoms with Crippen LogP contribution in [0.4, 0.5) is 11.5 Å². The molecule has 126 valence electrons. The molecule has 1 aromatic carbocycles. The molecule has 7 nitrogen and oxygen atoms in total. The topological polar surface area (TPSA) is 96.6 Å². The molecule has 0 fully saturated rings. The molecule has 2 aromatic rings. The van der Waals surface area contributed by atoms with Crippen LogP contribution in [-0.2, 0) is 0 Å². The van der Waals surface area contributed by atoms with Gasteiger partial charge in [-0.1, -0.05) is 0 Å². The van der Waals surface area contributed by atoms with Crippen LogP contribution in [0.2, 0.25) is 0 Å². The molecular formula is C17H19N3O4. The molecule has 1 aromatic heterocycles. The van der Waals surface area contributed by atoms with E-state index >= 15 is 0 Å². The largest absolute Gasteiger partial charge is 0.478 e. The van der Waals surface area contributed by atoms with Crippen molar-refractivity contribution in [2.45, 2.75) is 20.8 Å². The maximum absolute atomic E-state index is 11.9. The van der Waals surface area contributed by atoms with Crippen LogP contribution in [-0.4, -0.2) is 34.1 Å². The number of benzene rings is 1. The van der Waals surface area contributed by atoms with Gasteiger partial charge in [0.15, 0.2) is 0 Å². The van der Waals surface area contributed by atoms with Crippen LogP contribution < -0.4 is 4.90 Å². The van der Waals surface area contributed by atoms with E-state index in [9.17, 15) is 20.0 Å². The first-order valence-electron chi connectivity index (χ1n) is 7.63. The van der Waals surface area contributed by atoms with Crippen LogP contribution >= 0.6 is 0 Å². The highest BCUT2D eigenvalue weighted by Gasteiger charge is 2.22. The predicted octanol–water partition coefficient (Wildman–Crippen LogP) is 3.51. The molecule has 0 amide bonds. The summed E-state index contributed by atoms with van der Waals surface area (Å²) in [5, 5.41) is 20.5. The second-order valence-electron chi connectivity index (χ2n) is 5.29. The number of hydrogen-bond donors (Lipinski definition) is 1. The minimum Gasteiger partial charge on any atom is -0.478 e. The van der Waals surface area contributed by atoms with Gasteiger partial charge in [-0.25, -0.2) is 9.78 Å². The lowest BCUT2D eigenvalue weighted by Crippen LogP contribution is -2.26. The third-order valence-electron chi connectivity index (χ3n) is 3.79. The van der Waals surface area contributed by atoms with Crippen molar-refractivity contribution in [3.63, 3.8) is 0 Å². The number of pyridine rings is 1. The highest BCUT2D eigenvalue weighted by molar-refractivity contribution is 6.01. The number of anilines is 1. The van der Waals surface area contributed by atoms with E-state index < -0.39 is 10.9 Å². The Bertz CT molecular complexity index is 768. The maximum Gasteiger partial charge on any atom is 0.340 e. The Hall–Kier alpha value is -2.96. The number of carboxylic acid groups (broad SMARTS) is 1. The van der Waals surface area contributed by atoms with Crippen LogP contribution in [0.3, 0.4) is 0 Å². The van der Waals surface area contributed by atoms with Crippen molar-refractivity contribution in [2.24, 2.45) is 0 Å². The van der Waals surface area contributed by atoms with Crippen LogP contribution in [0.1, 0.15) is 29.9 Å². The number of nitrogens with zero attached hydrogens (tertiary/aromatic N) is 3. The van der Waals surface area contributed by atoms with Crippen molar-refractivity contribution in [1.29, 1.82) is 0 Å². The number of carbonyl (C=O) groups is 1. The van der Waals surface area contributed by atoms with Gasteiger partial charge in [-0.15, -0.1) is 0 Å². The van der Waals surface area contributed by atoms with Crippen molar-refractivity contribution in [1.82, 2.24) is 4.98 Å². The van der Waals surface area contributed by atoms with E-state index in [2.05, 4.69) is 4.98 Å². The van der Waals surface area contributed by atoms with Gasteiger partial charge in [0.1, 0.15) is 11.4 Å². The molecule has 0 aliphatic heterocycles. The summed E-state index contributed by atoms with van der Waals surface area (Å²) in [5.74, 6) is -0.654. The van der Waals surface area contributed by atoms with Gasteiger partial charge in [-0.2, -0.15) is 0 Å². The fourth-order valence-electron chi connectivity index (χ4n) is 2.61. The van der Waals surface area contributed by atoms with E-state index in [4.69, 9.17) is 0 Å². The van der Waals surface area contributed by atoms with Crippen LogP contribution in [0.25, 0.3) is 11.1 Å². The zero-order valence-corrected chi connectivity index (χ0v) is 13.8. The van der Waals surface area contributed by atoms with Gasteiger partial charge < -0.3 is 10.0 Å². The molecule has 1 heterocycles. The van der Waals surface area contributed by atoms with E-state index in [0.29, 0.717) is 35.7 Å². The fraction of sp³-hybridized carbons (Fsp3) is 0.294. The molecular weight excluding hydrogens is 310 g/mol. The smallest absolute Gasteiger partial charge is 0.340 e. The van der Waals surface area contributed by atoms with Gasteiger partial charge in [0, 0.05) is 36.5 Å². The van der Waals surface area contributed by atoms with Crippen molar-refractivity contribution >= 4 is 17.5 Å². The van der Waals surface area contributed by atoms with E-state index in [1.807, 2.05) is 18.7 Å². The summed E-state index contributed by atoms with van der Waals surface area (Å²) >= 11 is 0. The number of hydrogen-bond acceptors (Lipinski definition) is 5.